The molecular weight excluding hydrogens is 178 g/mol. The predicted molar refractivity (Wildman–Crippen MR) is 54.2 cm³/mol. The molecule has 78 valence electrons. The molecule has 2 rings (SSSR count). The van der Waals surface area contributed by atoms with Crippen molar-refractivity contribution in [2.75, 3.05) is 0 Å². The van der Waals surface area contributed by atoms with Crippen molar-refractivity contribution in [2.45, 2.75) is 51.5 Å². The van der Waals surface area contributed by atoms with Gasteiger partial charge in [0.2, 0.25) is 0 Å². The number of rotatable bonds is 1. The highest BCUT2D eigenvalue weighted by Gasteiger charge is 2.46. The smallest absolute Gasteiger partial charge is 0.340 e. The fraction of sp³-hybridized carbons (Fsp3) is 0.818. The van der Waals surface area contributed by atoms with Gasteiger partial charge in [-0.15, -0.1) is 0 Å². The average molecular weight is 195 g/mol. The van der Waals surface area contributed by atoms with Crippen LogP contribution in [0.5, 0.6) is 0 Å². The molecule has 1 aliphatic heterocycles. The quantitative estimate of drug-likeness (QED) is 0.602. The van der Waals surface area contributed by atoms with Crippen molar-refractivity contribution < 1.29 is 9.53 Å². The van der Waals surface area contributed by atoms with E-state index in [1.54, 1.807) is 0 Å². The first-order valence-electron chi connectivity index (χ1n) is 5.46. The number of carbonyl (C=O) groups excluding carboxylic acids is 1. The molecule has 2 aliphatic rings. The number of hydrogen-bond donors (Lipinski definition) is 0. The first-order valence-corrected chi connectivity index (χ1v) is 5.46. The molecule has 1 heterocycles. The van der Waals surface area contributed by atoms with Crippen molar-refractivity contribution in [3.63, 3.8) is 0 Å². The van der Waals surface area contributed by atoms with Crippen molar-refractivity contribution in [3.05, 3.63) is 0 Å². The van der Waals surface area contributed by atoms with Crippen LogP contribution < -0.4 is 0 Å². The van der Waals surface area contributed by atoms with Crippen molar-refractivity contribution >= 4 is 11.9 Å². The van der Waals surface area contributed by atoms with E-state index in [-0.39, 0.29) is 11.9 Å². The fourth-order valence-electron chi connectivity index (χ4n) is 2.17. The molecule has 0 saturated heterocycles. The van der Waals surface area contributed by atoms with Crippen LogP contribution in [0.15, 0.2) is 4.99 Å². The zero-order valence-electron chi connectivity index (χ0n) is 8.88. The van der Waals surface area contributed by atoms with Gasteiger partial charge in [0, 0.05) is 5.92 Å². The summed E-state index contributed by atoms with van der Waals surface area (Å²) in [7, 11) is 0. The molecule has 1 fully saturated rings. The third-order valence-corrected chi connectivity index (χ3v) is 3.08. The van der Waals surface area contributed by atoms with Gasteiger partial charge in [-0.1, -0.05) is 33.1 Å². The monoisotopic (exact) mass is 195 g/mol. The third-order valence-electron chi connectivity index (χ3n) is 3.08. The Hall–Kier alpha value is -0.860. The lowest BCUT2D eigenvalue weighted by atomic mass is 9.83. The summed E-state index contributed by atoms with van der Waals surface area (Å²) in [5, 5.41) is 0. The van der Waals surface area contributed by atoms with E-state index in [0.29, 0.717) is 5.90 Å². The molecule has 1 saturated carbocycles. The van der Waals surface area contributed by atoms with E-state index in [4.69, 9.17) is 4.74 Å². The standard InChI is InChI=1S/C11H17NO2/c1-8(2)9-12-11(10(13)14-9)6-4-3-5-7-11/h8H,3-7H2,1-2H3. The number of cyclic esters (lactones) is 1. The largest absolute Gasteiger partial charge is 0.410 e. The van der Waals surface area contributed by atoms with Gasteiger partial charge in [0.05, 0.1) is 0 Å². The van der Waals surface area contributed by atoms with Gasteiger partial charge >= 0.3 is 5.97 Å². The summed E-state index contributed by atoms with van der Waals surface area (Å²) in [5.74, 6) is 0.748. The van der Waals surface area contributed by atoms with Crippen molar-refractivity contribution in [3.8, 4) is 0 Å². The highest BCUT2D eigenvalue weighted by Crippen LogP contribution is 2.37. The van der Waals surface area contributed by atoms with E-state index in [2.05, 4.69) is 4.99 Å². The van der Waals surface area contributed by atoms with Crippen LogP contribution in [0.3, 0.4) is 0 Å². The number of carbonyl (C=O) groups is 1. The molecule has 1 spiro atoms. The van der Waals surface area contributed by atoms with E-state index in [1.165, 1.54) is 6.42 Å². The van der Waals surface area contributed by atoms with Crippen LogP contribution in [0.2, 0.25) is 0 Å². The van der Waals surface area contributed by atoms with Gasteiger partial charge < -0.3 is 4.74 Å². The Morgan fingerprint density at radius 2 is 1.93 bits per heavy atom. The Labute approximate surface area is 84.5 Å². The Balaban J connectivity index is 2.21. The lowest BCUT2D eigenvalue weighted by Gasteiger charge is -2.25. The maximum atomic E-state index is 11.7. The Kier molecular flexibility index (Phi) is 2.33. The second-order valence-corrected chi connectivity index (χ2v) is 4.59. The van der Waals surface area contributed by atoms with E-state index in [9.17, 15) is 4.79 Å². The Bertz CT molecular complexity index is 275. The summed E-state index contributed by atoms with van der Waals surface area (Å²) in [4.78, 5) is 16.2. The van der Waals surface area contributed by atoms with Crippen LogP contribution in [0.1, 0.15) is 46.0 Å². The topological polar surface area (TPSA) is 38.7 Å². The SMILES string of the molecule is CC(C)C1=NC2(CCCCC2)C(=O)O1. The van der Waals surface area contributed by atoms with Gasteiger partial charge in [0.1, 0.15) is 0 Å². The summed E-state index contributed by atoms with van der Waals surface area (Å²) in [6, 6.07) is 0. The van der Waals surface area contributed by atoms with Gasteiger partial charge in [0.15, 0.2) is 11.4 Å². The normalized spacial score (nSPS) is 25.4. The summed E-state index contributed by atoms with van der Waals surface area (Å²) >= 11 is 0. The molecule has 0 atom stereocenters. The molecule has 0 amide bonds. The lowest BCUT2D eigenvalue weighted by Crippen LogP contribution is -2.35. The molecule has 0 bridgehead atoms. The Morgan fingerprint density at radius 1 is 1.29 bits per heavy atom. The summed E-state index contributed by atoms with van der Waals surface area (Å²) in [5.41, 5.74) is -0.488. The molecule has 14 heavy (non-hydrogen) atoms. The minimum Gasteiger partial charge on any atom is -0.410 e. The van der Waals surface area contributed by atoms with E-state index >= 15 is 0 Å². The maximum Gasteiger partial charge on any atom is 0.340 e. The number of nitrogens with zero attached hydrogens (tertiary/aromatic N) is 1. The van der Waals surface area contributed by atoms with Gasteiger partial charge in [-0.25, -0.2) is 9.79 Å². The second-order valence-electron chi connectivity index (χ2n) is 4.59. The van der Waals surface area contributed by atoms with Gasteiger partial charge in [0.25, 0.3) is 0 Å². The minimum absolute atomic E-state index is 0.110. The van der Waals surface area contributed by atoms with E-state index in [0.717, 1.165) is 25.7 Å². The van der Waals surface area contributed by atoms with Gasteiger partial charge in [-0.2, -0.15) is 0 Å². The van der Waals surface area contributed by atoms with Crippen LogP contribution in [0, 0.1) is 5.92 Å². The second kappa shape index (κ2) is 3.37. The van der Waals surface area contributed by atoms with Crippen LogP contribution in [0.4, 0.5) is 0 Å². The molecule has 1 aliphatic carbocycles. The van der Waals surface area contributed by atoms with E-state index in [1.807, 2.05) is 13.8 Å². The maximum absolute atomic E-state index is 11.7. The predicted octanol–water partition coefficient (Wildman–Crippen LogP) is 2.30. The van der Waals surface area contributed by atoms with Crippen LogP contribution in [0.25, 0.3) is 0 Å². The van der Waals surface area contributed by atoms with Crippen LogP contribution >= 0.6 is 0 Å². The number of ether oxygens (including phenoxy) is 1. The van der Waals surface area contributed by atoms with Gasteiger partial charge in [-0.05, 0) is 12.8 Å². The van der Waals surface area contributed by atoms with Crippen molar-refractivity contribution in [1.82, 2.24) is 0 Å². The van der Waals surface area contributed by atoms with Gasteiger partial charge in [-0.3, -0.25) is 0 Å². The molecule has 0 N–H and O–H groups in total. The zero-order valence-corrected chi connectivity index (χ0v) is 8.88. The first-order chi connectivity index (χ1) is 6.64. The molecule has 0 radical (unpaired) electrons. The molecule has 0 unspecified atom stereocenters. The first kappa shape index (κ1) is 9.69. The highest BCUT2D eigenvalue weighted by atomic mass is 16.6. The minimum atomic E-state index is -0.488. The van der Waals surface area contributed by atoms with Crippen molar-refractivity contribution in [1.29, 1.82) is 0 Å². The number of hydrogen-bond acceptors (Lipinski definition) is 3. The van der Waals surface area contributed by atoms with E-state index < -0.39 is 5.54 Å². The highest BCUT2D eigenvalue weighted by molar-refractivity contribution is 6.00. The summed E-state index contributed by atoms with van der Waals surface area (Å²) in [6.45, 7) is 4.02. The molecule has 0 aromatic rings. The van der Waals surface area contributed by atoms with Crippen molar-refractivity contribution in [2.24, 2.45) is 10.9 Å². The average Bonchev–Trinajstić information content (AvgIpc) is 2.46. The van der Waals surface area contributed by atoms with Crippen LogP contribution in [-0.4, -0.2) is 17.4 Å². The lowest BCUT2D eigenvalue weighted by molar-refractivity contribution is -0.140. The molecule has 3 nitrogen and oxygen atoms in total. The molecule has 3 heteroatoms. The van der Waals surface area contributed by atoms with Crippen LogP contribution in [-0.2, 0) is 9.53 Å². The number of aliphatic imine (C=N–C) groups is 1. The Morgan fingerprint density at radius 3 is 2.43 bits per heavy atom. The number of esters is 1. The molecule has 0 aromatic carbocycles. The third kappa shape index (κ3) is 1.45. The fourth-order valence-corrected chi connectivity index (χ4v) is 2.17. The summed E-state index contributed by atoms with van der Waals surface area (Å²) in [6.07, 6.45) is 5.18. The summed E-state index contributed by atoms with van der Waals surface area (Å²) < 4.78 is 5.23. The molecular formula is C11H17NO2. The molecule has 0 aromatic heterocycles. The zero-order chi connectivity index (χ0) is 10.2.